The van der Waals surface area contributed by atoms with Gasteiger partial charge in [-0.2, -0.15) is 0 Å². The van der Waals surface area contributed by atoms with Gasteiger partial charge in [-0.1, -0.05) is 40.9 Å². The van der Waals surface area contributed by atoms with Crippen LogP contribution >= 0.6 is 34.8 Å². The highest BCUT2D eigenvalue weighted by Crippen LogP contribution is 2.34. The SMILES string of the molecule is Clc1ccc(Oc2cccc(Cl)c2CNC2CC2)cc1Cl. The molecular formula is C16H14Cl3NO. The fourth-order valence-corrected chi connectivity index (χ4v) is 2.53. The molecule has 0 amide bonds. The molecule has 110 valence electrons. The van der Waals surface area contributed by atoms with E-state index in [-0.39, 0.29) is 0 Å². The van der Waals surface area contributed by atoms with E-state index in [1.807, 2.05) is 18.2 Å². The summed E-state index contributed by atoms with van der Waals surface area (Å²) in [5.74, 6) is 1.37. The van der Waals surface area contributed by atoms with Crippen molar-refractivity contribution in [2.45, 2.75) is 25.4 Å². The first-order chi connectivity index (χ1) is 10.1. The Kier molecular flexibility index (Phi) is 4.60. The van der Waals surface area contributed by atoms with Crippen LogP contribution in [0.4, 0.5) is 0 Å². The fourth-order valence-electron chi connectivity index (χ4n) is 2.01. The summed E-state index contributed by atoms with van der Waals surface area (Å²) >= 11 is 18.2. The zero-order valence-electron chi connectivity index (χ0n) is 11.2. The summed E-state index contributed by atoms with van der Waals surface area (Å²) in [7, 11) is 0. The van der Waals surface area contributed by atoms with E-state index in [0.717, 1.165) is 11.3 Å². The predicted octanol–water partition coefficient (Wildman–Crippen LogP) is 5.69. The normalized spacial score (nSPS) is 14.2. The summed E-state index contributed by atoms with van der Waals surface area (Å²) in [6.07, 6.45) is 2.46. The van der Waals surface area contributed by atoms with Crippen molar-refractivity contribution in [2.75, 3.05) is 0 Å². The van der Waals surface area contributed by atoms with Crippen LogP contribution in [-0.2, 0) is 6.54 Å². The molecule has 2 aromatic carbocycles. The van der Waals surface area contributed by atoms with Crippen molar-refractivity contribution in [3.63, 3.8) is 0 Å². The number of nitrogens with one attached hydrogen (secondary N) is 1. The van der Waals surface area contributed by atoms with Crippen molar-refractivity contribution >= 4 is 34.8 Å². The van der Waals surface area contributed by atoms with E-state index in [2.05, 4.69) is 5.32 Å². The summed E-state index contributed by atoms with van der Waals surface area (Å²) in [6.45, 7) is 0.695. The van der Waals surface area contributed by atoms with Crippen LogP contribution in [0.15, 0.2) is 36.4 Å². The lowest BCUT2D eigenvalue weighted by molar-refractivity contribution is 0.472. The molecule has 5 heteroatoms. The van der Waals surface area contributed by atoms with Crippen molar-refractivity contribution in [3.05, 3.63) is 57.0 Å². The van der Waals surface area contributed by atoms with E-state index in [0.29, 0.717) is 33.4 Å². The third-order valence-electron chi connectivity index (χ3n) is 3.34. The summed E-state index contributed by atoms with van der Waals surface area (Å²) in [5.41, 5.74) is 0.956. The van der Waals surface area contributed by atoms with Gasteiger partial charge in [0.15, 0.2) is 0 Å². The monoisotopic (exact) mass is 341 g/mol. The molecule has 1 fully saturated rings. The van der Waals surface area contributed by atoms with Gasteiger partial charge in [0, 0.05) is 29.2 Å². The molecule has 0 radical (unpaired) electrons. The molecule has 1 aliphatic carbocycles. The standard InChI is InChI=1S/C16H14Cl3NO/c17-13-2-1-3-16(12(13)9-20-10-4-5-10)21-11-6-7-14(18)15(19)8-11/h1-3,6-8,10,20H,4-5,9H2. The number of hydrogen-bond donors (Lipinski definition) is 1. The van der Waals surface area contributed by atoms with Crippen LogP contribution in [0.25, 0.3) is 0 Å². The van der Waals surface area contributed by atoms with Gasteiger partial charge in [-0.25, -0.2) is 0 Å². The molecular weight excluding hydrogens is 329 g/mol. The molecule has 0 spiro atoms. The molecule has 21 heavy (non-hydrogen) atoms. The van der Waals surface area contributed by atoms with E-state index in [4.69, 9.17) is 39.5 Å². The zero-order chi connectivity index (χ0) is 14.8. The molecule has 0 aliphatic heterocycles. The second-order valence-corrected chi connectivity index (χ2v) is 6.27. The summed E-state index contributed by atoms with van der Waals surface area (Å²) in [5, 5.41) is 5.12. The average Bonchev–Trinajstić information content (AvgIpc) is 3.26. The quantitative estimate of drug-likeness (QED) is 0.753. The lowest BCUT2D eigenvalue weighted by Gasteiger charge is -2.13. The first-order valence-electron chi connectivity index (χ1n) is 6.77. The molecule has 0 unspecified atom stereocenters. The van der Waals surface area contributed by atoms with Crippen LogP contribution in [-0.4, -0.2) is 6.04 Å². The van der Waals surface area contributed by atoms with Gasteiger partial charge >= 0.3 is 0 Å². The first kappa shape index (κ1) is 15.0. The highest BCUT2D eigenvalue weighted by molar-refractivity contribution is 6.42. The molecule has 0 aromatic heterocycles. The van der Waals surface area contributed by atoms with Crippen LogP contribution in [0.5, 0.6) is 11.5 Å². The highest BCUT2D eigenvalue weighted by Gasteiger charge is 2.21. The number of ether oxygens (including phenoxy) is 1. The maximum Gasteiger partial charge on any atom is 0.133 e. The van der Waals surface area contributed by atoms with E-state index in [1.54, 1.807) is 18.2 Å². The van der Waals surface area contributed by atoms with Crippen LogP contribution in [0, 0.1) is 0 Å². The predicted molar refractivity (Wildman–Crippen MR) is 87.8 cm³/mol. The highest BCUT2D eigenvalue weighted by atomic mass is 35.5. The third kappa shape index (κ3) is 3.83. The molecule has 0 saturated heterocycles. The second kappa shape index (κ2) is 6.45. The van der Waals surface area contributed by atoms with Crippen LogP contribution in [0.3, 0.4) is 0 Å². The Labute approximate surface area is 139 Å². The Bertz CT molecular complexity index is 656. The number of halogens is 3. The Morgan fingerprint density at radius 1 is 1.00 bits per heavy atom. The zero-order valence-corrected chi connectivity index (χ0v) is 13.5. The lowest BCUT2D eigenvalue weighted by Crippen LogP contribution is -2.16. The van der Waals surface area contributed by atoms with Gasteiger partial charge < -0.3 is 10.1 Å². The molecule has 1 N–H and O–H groups in total. The van der Waals surface area contributed by atoms with Crippen LogP contribution < -0.4 is 10.1 Å². The summed E-state index contributed by atoms with van der Waals surface area (Å²) < 4.78 is 5.91. The fraction of sp³-hybridized carbons (Fsp3) is 0.250. The minimum absolute atomic E-state index is 0.467. The second-order valence-electron chi connectivity index (χ2n) is 5.05. The van der Waals surface area contributed by atoms with E-state index in [9.17, 15) is 0 Å². The van der Waals surface area contributed by atoms with E-state index in [1.165, 1.54) is 12.8 Å². The van der Waals surface area contributed by atoms with Gasteiger partial charge in [0.1, 0.15) is 11.5 Å². The van der Waals surface area contributed by atoms with Gasteiger partial charge in [-0.15, -0.1) is 0 Å². The number of rotatable bonds is 5. The van der Waals surface area contributed by atoms with Gasteiger partial charge in [-0.05, 0) is 37.1 Å². The molecule has 2 aromatic rings. The minimum Gasteiger partial charge on any atom is -0.457 e. The maximum atomic E-state index is 6.29. The van der Waals surface area contributed by atoms with Gasteiger partial charge in [0.2, 0.25) is 0 Å². The van der Waals surface area contributed by atoms with Crippen molar-refractivity contribution in [1.29, 1.82) is 0 Å². The molecule has 1 saturated carbocycles. The Balaban J connectivity index is 1.82. The molecule has 2 nitrogen and oxygen atoms in total. The Hall–Kier alpha value is -0.930. The number of benzene rings is 2. The van der Waals surface area contributed by atoms with Gasteiger partial charge in [0.25, 0.3) is 0 Å². The third-order valence-corrected chi connectivity index (χ3v) is 4.43. The molecule has 0 heterocycles. The summed E-state index contributed by atoms with van der Waals surface area (Å²) in [6, 6.07) is 11.4. The number of hydrogen-bond acceptors (Lipinski definition) is 2. The average molecular weight is 343 g/mol. The van der Waals surface area contributed by atoms with Crippen LogP contribution in [0.2, 0.25) is 15.1 Å². The van der Waals surface area contributed by atoms with Crippen molar-refractivity contribution in [3.8, 4) is 11.5 Å². The van der Waals surface area contributed by atoms with Crippen LogP contribution in [0.1, 0.15) is 18.4 Å². The van der Waals surface area contributed by atoms with Crippen molar-refractivity contribution in [1.82, 2.24) is 5.32 Å². The Morgan fingerprint density at radius 2 is 1.81 bits per heavy atom. The summed E-state index contributed by atoms with van der Waals surface area (Å²) in [4.78, 5) is 0. The maximum absolute atomic E-state index is 6.29. The molecule has 1 aliphatic rings. The van der Waals surface area contributed by atoms with E-state index >= 15 is 0 Å². The molecule has 3 rings (SSSR count). The smallest absolute Gasteiger partial charge is 0.133 e. The van der Waals surface area contributed by atoms with Crippen molar-refractivity contribution in [2.24, 2.45) is 0 Å². The molecule has 0 atom stereocenters. The largest absolute Gasteiger partial charge is 0.457 e. The van der Waals surface area contributed by atoms with Crippen molar-refractivity contribution < 1.29 is 4.74 Å². The minimum atomic E-state index is 0.467. The topological polar surface area (TPSA) is 21.3 Å². The molecule has 0 bridgehead atoms. The lowest BCUT2D eigenvalue weighted by atomic mass is 10.2. The van der Waals surface area contributed by atoms with Gasteiger partial charge in [0.05, 0.1) is 10.0 Å². The van der Waals surface area contributed by atoms with E-state index < -0.39 is 0 Å². The Morgan fingerprint density at radius 3 is 2.52 bits per heavy atom. The first-order valence-corrected chi connectivity index (χ1v) is 7.90. The van der Waals surface area contributed by atoms with Gasteiger partial charge in [-0.3, -0.25) is 0 Å².